The second kappa shape index (κ2) is 7.96. The minimum atomic E-state index is -3.79. The van der Waals surface area contributed by atoms with Crippen LogP contribution in [0.2, 0.25) is 0 Å². The van der Waals surface area contributed by atoms with Crippen molar-refractivity contribution < 1.29 is 16.8 Å². The third kappa shape index (κ3) is 4.65. The lowest BCUT2D eigenvalue weighted by atomic mass is 9.74. The number of hydrogen-bond acceptors (Lipinski definition) is 4. The molecule has 0 bridgehead atoms. The second-order valence-corrected chi connectivity index (χ2v) is 11.7. The Morgan fingerprint density at radius 2 is 1.69 bits per heavy atom. The van der Waals surface area contributed by atoms with Crippen molar-refractivity contribution in [1.82, 2.24) is 9.03 Å². The third-order valence-corrected chi connectivity index (χ3v) is 8.52. The fourth-order valence-corrected chi connectivity index (χ4v) is 5.99. The first-order valence-electron chi connectivity index (χ1n) is 9.00. The molecule has 1 aromatic rings. The summed E-state index contributed by atoms with van der Waals surface area (Å²) in [7, 11) is -4.63. The lowest BCUT2D eigenvalue weighted by molar-refractivity contribution is 0.188. The molecule has 1 fully saturated rings. The summed E-state index contributed by atoms with van der Waals surface area (Å²) >= 11 is 0. The number of nitrogens with one attached hydrogen (secondary N) is 1. The van der Waals surface area contributed by atoms with Crippen LogP contribution in [-0.2, 0) is 20.0 Å². The van der Waals surface area contributed by atoms with Gasteiger partial charge in [-0.15, -0.1) is 0 Å². The molecule has 0 aliphatic heterocycles. The standard InChI is InChI=1S/C18H30N2O4S2/c1-13(2)17-10-9-14(3)11-18(17)19-25(21,22)15-7-6-8-16(12-15)26(23,24)20(4)5/h6-8,12-14,17-19H,9-11H2,1-5H3/t14-,17+,18-/m1/s1. The van der Waals surface area contributed by atoms with E-state index in [1.165, 1.54) is 38.4 Å². The van der Waals surface area contributed by atoms with E-state index in [9.17, 15) is 16.8 Å². The van der Waals surface area contributed by atoms with Crippen molar-refractivity contribution in [2.24, 2.45) is 17.8 Å². The average molecular weight is 403 g/mol. The smallest absolute Gasteiger partial charge is 0.208 e. The quantitative estimate of drug-likeness (QED) is 0.793. The highest BCUT2D eigenvalue weighted by Gasteiger charge is 2.34. The molecule has 1 saturated carbocycles. The molecular formula is C18H30N2O4S2. The van der Waals surface area contributed by atoms with Crippen molar-refractivity contribution in [3.63, 3.8) is 0 Å². The molecule has 0 radical (unpaired) electrons. The highest BCUT2D eigenvalue weighted by Crippen LogP contribution is 2.34. The zero-order valence-electron chi connectivity index (χ0n) is 16.1. The highest BCUT2D eigenvalue weighted by molar-refractivity contribution is 7.90. The van der Waals surface area contributed by atoms with Crippen LogP contribution in [0.3, 0.4) is 0 Å². The van der Waals surface area contributed by atoms with Crippen molar-refractivity contribution in [3.8, 4) is 0 Å². The number of rotatable bonds is 6. The van der Waals surface area contributed by atoms with Crippen LogP contribution < -0.4 is 4.72 Å². The number of sulfonamides is 2. The second-order valence-electron chi connectivity index (χ2n) is 7.82. The van der Waals surface area contributed by atoms with Gasteiger partial charge in [0.25, 0.3) is 0 Å². The molecule has 1 N–H and O–H groups in total. The topological polar surface area (TPSA) is 83.5 Å². The lowest BCUT2D eigenvalue weighted by Crippen LogP contribution is -2.45. The summed E-state index contributed by atoms with van der Waals surface area (Å²) in [6, 6.07) is 5.42. The van der Waals surface area contributed by atoms with Gasteiger partial charge in [0.15, 0.2) is 0 Å². The molecule has 1 aliphatic rings. The van der Waals surface area contributed by atoms with E-state index in [4.69, 9.17) is 0 Å². The van der Waals surface area contributed by atoms with Gasteiger partial charge in [-0.3, -0.25) is 0 Å². The fraction of sp³-hybridized carbons (Fsp3) is 0.667. The first-order chi connectivity index (χ1) is 11.9. The van der Waals surface area contributed by atoms with E-state index in [-0.39, 0.29) is 21.8 Å². The molecule has 26 heavy (non-hydrogen) atoms. The van der Waals surface area contributed by atoms with E-state index in [1.54, 1.807) is 0 Å². The maximum atomic E-state index is 12.9. The van der Waals surface area contributed by atoms with Crippen LogP contribution in [0.15, 0.2) is 34.1 Å². The van der Waals surface area contributed by atoms with Crippen LogP contribution >= 0.6 is 0 Å². The van der Waals surface area contributed by atoms with Crippen molar-refractivity contribution in [1.29, 1.82) is 0 Å². The van der Waals surface area contributed by atoms with E-state index in [2.05, 4.69) is 25.5 Å². The molecular weight excluding hydrogens is 372 g/mol. The van der Waals surface area contributed by atoms with Crippen LogP contribution in [-0.4, -0.2) is 41.3 Å². The Balaban J connectivity index is 2.33. The molecule has 1 aromatic carbocycles. The van der Waals surface area contributed by atoms with Crippen LogP contribution in [0.25, 0.3) is 0 Å². The molecule has 1 aliphatic carbocycles. The van der Waals surface area contributed by atoms with E-state index in [1.807, 2.05) is 0 Å². The largest absolute Gasteiger partial charge is 0.242 e. The number of hydrogen-bond donors (Lipinski definition) is 1. The Bertz CT molecular complexity index is 833. The number of nitrogens with zero attached hydrogens (tertiary/aromatic N) is 1. The summed E-state index contributed by atoms with van der Waals surface area (Å²) in [4.78, 5) is -0.0380. The molecule has 8 heteroatoms. The minimum Gasteiger partial charge on any atom is -0.208 e. The van der Waals surface area contributed by atoms with Gasteiger partial charge in [0.2, 0.25) is 20.0 Å². The molecule has 0 saturated heterocycles. The van der Waals surface area contributed by atoms with Crippen LogP contribution in [0.5, 0.6) is 0 Å². The van der Waals surface area contributed by atoms with Gasteiger partial charge in [-0.2, -0.15) is 0 Å². The van der Waals surface area contributed by atoms with Gasteiger partial charge in [-0.05, 0) is 48.8 Å². The summed E-state index contributed by atoms with van der Waals surface area (Å²) < 4.78 is 54.3. The summed E-state index contributed by atoms with van der Waals surface area (Å²) in [5.41, 5.74) is 0. The lowest BCUT2D eigenvalue weighted by Gasteiger charge is -2.37. The Labute approximate surface area is 158 Å². The molecule has 3 atom stereocenters. The zero-order chi connectivity index (χ0) is 19.7. The normalized spacial score (nSPS) is 25.0. The van der Waals surface area contributed by atoms with Crippen molar-refractivity contribution in [2.75, 3.05) is 14.1 Å². The van der Waals surface area contributed by atoms with Crippen LogP contribution in [0, 0.1) is 17.8 Å². The van der Waals surface area contributed by atoms with Crippen LogP contribution in [0.1, 0.15) is 40.0 Å². The van der Waals surface area contributed by atoms with Gasteiger partial charge in [-0.25, -0.2) is 25.9 Å². The highest BCUT2D eigenvalue weighted by atomic mass is 32.2. The molecule has 6 nitrogen and oxygen atoms in total. The molecule has 0 unspecified atom stereocenters. The summed E-state index contributed by atoms with van der Waals surface area (Å²) in [5.74, 6) is 1.14. The van der Waals surface area contributed by atoms with Crippen molar-refractivity contribution >= 4 is 20.0 Å². The molecule has 0 heterocycles. The maximum Gasteiger partial charge on any atom is 0.242 e. The Hall–Kier alpha value is -0.960. The first kappa shape index (κ1) is 21.3. The van der Waals surface area contributed by atoms with E-state index in [0.29, 0.717) is 11.8 Å². The fourth-order valence-electron chi connectivity index (χ4n) is 3.62. The molecule has 148 valence electrons. The van der Waals surface area contributed by atoms with E-state index >= 15 is 0 Å². The Morgan fingerprint density at radius 1 is 1.08 bits per heavy atom. The minimum absolute atomic E-state index is 0.0128. The van der Waals surface area contributed by atoms with Crippen molar-refractivity contribution in [3.05, 3.63) is 24.3 Å². The third-order valence-electron chi connectivity index (χ3n) is 5.22. The predicted octanol–water partition coefficient (Wildman–Crippen LogP) is 2.68. The van der Waals surface area contributed by atoms with E-state index in [0.717, 1.165) is 23.6 Å². The van der Waals surface area contributed by atoms with Gasteiger partial charge in [0.05, 0.1) is 9.79 Å². The summed E-state index contributed by atoms with van der Waals surface area (Å²) in [6.45, 7) is 6.38. The molecule has 0 aromatic heterocycles. The molecule has 2 rings (SSSR count). The van der Waals surface area contributed by atoms with Crippen molar-refractivity contribution in [2.45, 2.75) is 55.9 Å². The number of benzene rings is 1. The van der Waals surface area contributed by atoms with Gasteiger partial charge >= 0.3 is 0 Å². The monoisotopic (exact) mass is 402 g/mol. The maximum absolute atomic E-state index is 12.9. The SMILES string of the molecule is CC(C)[C@@H]1CC[C@@H](C)C[C@H]1NS(=O)(=O)c1cccc(S(=O)(=O)N(C)C)c1. The predicted molar refractivity (Wildman–Crippen MR) is 103 cm³/mol. The average Bonchev–Trinajstić information content (AvgIpc) is 2.54. The summed E-state index contributed by atoms with van der Waals surface area (Å²) in [5, 5.41) is 0. The Morgan fingerprint density at radius 3 is 2.27 bits per heavy atom. The molecule has 0 spiro atoms. The molecule has 0 amide bonds. The Kier molecular flexibility index (Phi) is 6.53. The van der Waals surface area contributed by atoms with Gasteiger partial charge in [-0.1, -0.05) is 33.3 Å². The zero-order valence-corrected chi connectivity index (χ0v) is 17.8. The first-order valence-corrected chi connectivity index (χ1v) is 11.9. The van der Waals surface area contributed by atoms with Gasteiger partial charge in [0.1, 0.15) is 0 Å². The summed E-state index contributed by atoms with van der Waals surface area (Å²) in [6.07, 6.45) is 2.91. The van der Waals surface area contributed by atoms with Crippen LogP contribution in [0.4, 0.5) is 0 Å². The van der Waals surface area contributed by atoms with Gasteiger partial charge in [0, 0.05) is 20.1 Å². The van der Waals surface area contributed by atoms with E-state index < -0.39 is 20.0 Å². The van der Waals surface area contributed by atoms with Gasteiger partial charge < -0.3 is 0 Å².